The Morgan fingerprint density at radius 3 is 2.52 bits per heavy atom. The van der Waals surface area contributed by atoms with Gasteiger partial charge in [-0.3, -0.25) is 4.79 Å². The summed E-state index contributed by atoms with van der Waals surface area (Å²) in [7, 11) is 2.03. The molecule has 0 atom stereocenters. The lowest BCUT2D eigenvalue weighted by Crippen LogP contribution is -2.44. The molecule has 1 fully saturated rings. The van der Waals surface area contributed by atoms with Gasteiger partial charge in [-0.25, -0.2) is 9.97 Å². The number of aromatic nitrogens is 2. The molecule has 0 bridgehead atoms. The second-order valence-electron chi connectivity index (χ2n) is 6.20. The van der Waals surface area contributed by atoms with Crippen LogP contribution in [0.15, 0.2) is 30.6 Å². The number of carbonyl (C=O) groups is 1. The van der Waals surface area contributed by atoms with Gasteiger partial charge in [0, 0.05) is 37.9 Å². The molecule has 1 aliphatic heterocycles. The van der Waals surface area contributed by atoms with E-state index in [-0.39, 0.29) is 11.4 Å². The zero-order valence-electron chi connectivity index (χ0n) is 14.4. The van der Waals surface area contributed by atoms with E-state index in [1.54, 1.807) is 0 Å². The van der Waals surface area contributed by atoms with Gasteiger partial charge >= 0.3 is 6.18 Å². The first-order valence-corrected chi connectivity index (χ1v) is 8.55. The van der Waals surface area contributed by atoms with Gasteiger partial charge in [-0.1, -0.05) is 11.6 Å². The number of nitrogens with one attached hydrogen (secondary N) is 1. The molecule has 2 aromatic rings. The Hall–Kier alpha value is -2.39. The van der Waals surface area contributed by atoms with Gasteiger partial charge in [0.05, 0.1) is 10.6 Å². The molecule has 3 rings (SSSR count). The molecule has 10 heteroatoms. The van der Waals surface area contributed by atoms with Crippen molar-refractivity contribution in [1.29, 1.82) is 0 Å². The monoisotopic (exact) mass is 399 g/mol. The summed E-state index contributed by atoms with van der Waals surface area (Å²) < 4.78 is 38.8. The minimum Gasteiger partial charge on any atom is -0.354 e. The molecule has 0 spiro atoms. The van der Waals surface area contributed by atoms with E-state index in [4.69, 9.17) is 11.6 Å². The number of carbonyl (C=O) groups excluding carboxylic acids is 1. The van der Waals surface area contributed by atoms with Gasteiger partial charge in [0.2, 0.25) is 0 Å². The number of halogens is 4. The zero-order valence-corrected chi connectivity index (χ0v) is 15.2. The predicted octanol–water partition coefficient (Wildman–Crippen LogP) is 3.15. The summed E-state index contributed by atoms with van der Waals surface area (Å²) in [5.74, 6) is -0.0152. The van der Waals surface area contributed by atoms with Crippen molar-refractivity contribution >= 4 is 29.0 Å². The highest BCUT2D eigenvalue weighted by Crippen LogP contribution is 2.36. The fourth-order valence-electron chi connectivity index (χ4n) is 2.70. The first kappa shape index (κ1) is 19.4. The Balaban J connectivity index is 1.76. The summed E-state index contributed by atoms with van der Waals surface area (Å²) in [6, 6.07) is 4.72. The van der Waals surface area contributed by atoms with Crippen LogP contribution in [0.25, 0.3) is 0 Å². The number of hydrogen-bond donors (Lipinski definition) is 1. The van der Waals surface area contributed by atoms with E-state index >= 15 is 0 Å². The fraction of sp³-hybridized carbons (Fsp3) is 0.353. The van der Waals surface area contributed by atoms with Gasteiger partial charge in [-0.15, -0.1) is 0 Å². The lowest BCUT2D eigenvalue weighted by atomic mass is 10.2. The first-order valence-electron chi connectivity index (χ1n) is 8.17. The van der Waals surface area contributed by atoms with E-state index in [1.807, 2.05) is 11.9 Å². The molecule has 1 aromatic heterocycles. The number of piperazine rings is 1. The molecule has 2 heterocycles. The molecule has 144 valence electrons. The highest BCUT2D eigenvalue weighted by Gasteiger charge is 2.33. The zero-order chi connectivity index (χ0) is 19.6. The average Bonchev–Trinajstić information content (AvgIpc) is 2.63. The van der Waals surface area contributed by atoms with Crippen molar-refractivity contribution in [3.8, 4) is 0 Å². The molecule has 27 heavy (non-hydrogen) atoms. The number of benzene rings is 1. The molecule has 0 unspecified atom stereocenters. The number of likely N-dealkylation sites (N-methyl/N-ethyl adjacent to an activating group) is 1. The summed E-state index contributed by atoms with van der Waals surface area (Å²) in [6.07, 6.45) is -3.34. The lowest BCUT2D eigenvalue weighted by Gasteiger charge is -2.33. The van der Waals surface area contributed by atoms with Crippen molar-refractivity contribution in [3.63, 3.8) is 0 Å². The first-order chi connectivity index (χ1) is 12.7. The van der Waals surface area contributed by atoms with Crippen LogP contribution in [0.3, 0.4) is 0 Å². The van der Waals surface area contributed by atoms with Crippen molar-refractivity contribution in [2.24, 2.45) is 0 Å². The SMILES string of the molecule is CN1CCN(c2cc(C(=O)Nc3ccc(Cl)c(C(F)(F)F)c3)ncn2)CC1. The Morgan fingerprint density at radius 1 is 1.15 bits per heavy atom. The van der Waals surface area contributed by atoms with E-state index in [0.717, 1.165) is 38.3 Å². The summed E-state index contributed by atoms with van der Waals surface area (Å²) in [5, 5.41) is 1.99. The topological polar surface area (TPSA) is 61.4 Å². The number of alkyl halides is 3. The van der Waals surface area contributed by atoms with Gasteiger partial charge in [0.1, 0.15) is 17.8 Å². The smallest absolute Gasteiger partial charge is 0.354 e. The van der Waals surface area contributed by atoms with Crippen LogP contribution in [0, 0.1) is 0 Å². The van der Waals surface area contributed by atoms with Crippen molar-refractivity contribution in [2.45, 2.75) is 6.18 Å². The van der Waals surface area contributed by atoms with Gasteiger partial charge in [0.15, 0.2) is 0 Å². The van der Waals surface area contributed by atoms with Gasteiger partial charge < -0.3 is 15.1 Å². The molecule has 0 radical (unpaired) electrons. The normalized spacial score (nSPS) is 15.7. The lowest BCUT2D eigenvalue weighted by molar-refractivity contribution is -0.137. The van der Waals surface area contributed by atoms with Gasteiger partial charge in [0.25, 0.3) is 5.91 Å². The molecule has 0 aliphatic carbocycles. The van der Waals surface area contributed by atoms with E-state index in [2.05, 4.69) is 20.2 Å². The third kappa shape index (κ3) is 4.67. The van der Waals surface area contributed by atoms with E-state index in [9.17, 15) is 18.0 Å². The van der Waals surface area contributed by atoms with Crippen LogP contribution in [0.5, 0.6) is 0 Å². The number of amides is 1. The minimum atomic E-state index is -4.61. The predicted molar refractivity (Wildman–Crippen MR) is 96.1 cm³/mol. The third-order valence-corrected chi connectivity index (χ3v) is 4.57. The largest absolute Gasteiger partial charge is 0.417 e. The molecule has 1 aromatic carbocycles. The Bertz CT molecular complexity index is 838. The summed E-state index contributed by atoms with van der Waals surface area (Å²) in [6.45, 7) is 3.27. The fourth-order valence-corrected chi connectivity index (χ4v) is 2.92. The van der Waals surface area contributed by atoms with Crippen LogP contribution in [-0.2, 0) is 6.18 Å². The maximum atomic E-state index is 12.9. The average molecular weight is 400 g/mol. The maximum absolute atomic E-state index is 12.9. The summed E-state index contributed by atoms with van der Waals surface area (Å²) >= 11 is 5.59. The van der Waals surface area contributed by atoms with Crippen LogP contribution in [0.1, 0.15) is 16.1 Å². The van der Waals surface area contributed by atoms with E-state index in [1.165, 1.54) is 18.5 Å². The van der Waals surface area contributed by atoms with Crippen LogP contribution in [-0.4, -0.2) is 54.0 Å². The molecular weight excluding hydrogens is 383 g/mol. The summed E-state index contributed by atoms with van der Waals surface area (Å²) in [5.41, 5.74) is -0.957. The highest BCUT2D eigenvalue weighted by molar-refractivity contribution is 6.31. The third-order valence-electron chi connectivity index (χ3n) is 4.24. The van der Waals surface area contributed by atoms with Crippen LogP contribution in [0.4, 0.5) is 24.7 Å². The Morgan fingerprint density at radius 2 is 1.85 bits per heavy atom. The number of hydrogen-bond acceptors (Lipinski definition) is 5. The van der Waals surface area contributed by atoms with Crippen molar-refractivity contribution in [3.05, 3.63) is 46.9 Å². The number of rotatable bonds is 3. The Labute approximate surface area is 159 Å². The minimum absolute atomic E-state index is 0.0171. The van der Waals surface area contributed by atoms with Crippen molar-refractivity contribution < 1.29 is 18.0 Å². The second-order valence-corrected chi connectivity index (χ2v) is 6.61. The molecule has 0 saturated carbocycles. The molecular formula is C17H17ClF3N5O. The van der Waals surface area contributed by atoms with Crippen LogP contribution in [0.2, 0.25) is 5.02 Å². The van der Waals surface area contributed by atoms with Gasteiger partial charge in [-0.05, 0) is 25.2 Å². The molecule has 6 nitrogen and oxygen atoms in total. The molecule has 1 saturated heterocycles. The molecule has 1 amide bonds. The van der Waals surface area contributed by atoms with Crippen molar-refractivity contribution in [2.75, 3.05) is 43.4 Å². The van der Waals surface area contributed by atoms with Crippen molar-refractivity contribution in [1.82, 2.24) is 14.9 Å². The van der Waals surface area contributed by atoms with E-state index < -0.39 is 22.7 Å². The summed E-state index contributed by atoms with van der Waals surface area (Å²) in [4.78, 5) is 24.7. The standard InChI is InChI=1S/C17H17ClF3N5O/c1-25-4-6-26(7-5-25)15-9-14(22-10-23-15)16(27)24-11-2-3-13(18)12(8-11)17(19,20)21/h2-3,8-10H,4-7H2,1H3,(H,24,27). The van der Waals surface area contributed by atoms with Crippen LogP contribution < -0.4 is 10.2 Å². The number of nitrogens with zero attached hydrogens (tertiary/aromatic N) is 4. The second kappa shape index (κ2) is 7.69. The quantitative estimate of drug-likeness (QED) is 0.859. The maximum Gasteiger partial charge on any atom is 0.417 e. The van der Waals surface area contributed by atoms with Crippen LogP contribution >= 0.6 is 11.6 Å². The molecule has 1 aliphatic rings. The number of anilines is 2. The highest BCUT2D eigenvalue weighted by atomic mass is 35.5. The Kier molecular flexibility index (Phi) is 5.52. The van der Waals surface area contributed by atoms with Gasteiger partial charge in [-0.2, -0.15) is 13.2 Å². The molecule has 1 N–H and O–H groups in total. The van der Waals surface area contributed by atoms with E-state index in [0.29, 0.717) is 5.82 Å².